The number of anilines is 1. The molecule has 9 N–H and O–H groups in total. The largest absolute Gasteiger partial charge is 0.504 e. The number of aliphatic hydroxyl groups is 2. The number of para-hydroxylation sites is 1. The Bertz CT molecular complexity index is 3020. The molecule has 10 aliphatic rings. The molecule has 14 rings (SSSR count). The molecule has 20 heteroatoms. The van der Waals surface area contributed by atoms with Crippen LogP contribution in [0.1, 0.15) is 91.0 Å². The van der Waals surface area contributed by atoms with Crippen molar-refractivity contribution in [1.82, 2.24) is 20.1 Å². The second kappa shape index (κ2) is 15.4. The summed E-state index contributed by atoms with van der Waals surface area (Å²) in [5.74, 6) is 2.79. The molecule has 3 aromatic carbocycles. The number of aromatic nitrogens is 1. The van der Waals surface area contributed by atoms with Gasteiger partial charge in [0.15, 0.2) is 34.2 Å². The Morgan fingerprint density at radius 3 is 1.91 bits per heavy atom. The van der Waals surface area contributed by atoms with Crippen molar-refractivity contribution in [3.8, 4) is 23.0 Å². The number of phenols is 2. The van der Waals surface area contributed by atoms with Crippen molar-refractivity contribution >= 4 is 54.2 Å². The standard InChI is InChI=1S/C47H51N5O6S.2CH4O3S/c53-31-10-8-25-18-33-46(55)13-12-30(41-44(46,35(25)39(31)57-41)14-16-51(33)21-23-4-5-23)49-43(59)48-29-3-1-2-27-28-20-47(56)34-19-26-9-11-32(54)40-36(26)45(47,15-17-52(34)22-24-6-7-24)42(58-40)38(28)50-37(27)29;2*1-5(2,3)4/h1-3,8-11,23-24,30,33-34,41-42,50,53-56H,4-7,12-22H2,(H2,48,49,59);2*1H3,(H,2,3,4)/t30-,33-,34+,41+,42+,44+,45+,46-,47-;;/m1../s1. The van der Waals surface area contributed by atoms with Gasteiger partial charge in [0.2, 0.25) is 0 Å². The zero-order valence-corrected chi connectivity index (χ0v) is 40.9. The Balaban J connectivity index is 0.000000451. The van der Waals surface area contributed by atoms with Crippen LogP contribution < -0.4 is 20.1 Å². The molecule has 0 radical (unpaired) electrons. The second-order valence-electron chi connectivity index (χ2n) is 21.7. The van der Waals surface area contributed by atoms with Crippen molar-refractivity contribution in [3.05, 3.63) is 76.0 Å². The molecule has 370 valence electrons. The number of piperidine rings is 2. The third kappa shape index (κ3) is 6.97. The first-order valence-electron chi connectivity index (χ1n) is 24.1. The van der Waals surface area contributed by atoms with E-state index in [0.29, 0.717) is 54.3 Å². The van der Waals surface area contributed by atoms with Gasteiger partial charge in [-0.25, -0.2) is 0 Å². The Morgan fingerprint density at radius 2 is 1.32 bits per heavy atom. The number of thiocarbonyl (C=S) groups is 1. The molecule has 2 spiro atoms. The smallest absolute Gasteiger partial charge is 0.261 e. The Labute approximate surface area is 406 Å². The minimum atomic E-state index is -3.67. The van der Waals surface area contributed by atoms with Crippen LogP contribution in [0.5, 0.6) is 23.0 Å². The fourth-order valence-electron chi connectivity index (χ4n) is 14.7. The molecular weight excluding hydrogens is 947 g/mol. The van der Waals surface area contributed by atoms with E-state index in [1.54, 1.807) is 12.1 Å². The molecule has 0 amide bonds. The van der Waals surface area contributed by atoms with Crippen LogP contribution in [0, 0.1) is 11.8 Å². The first-order valence-corrected chi connectivity index (χ1v) is 28.2. The Morgan fingerprint density at radius 1 is 0.768 bits per heavy atom. The minimum absolute atomic E-state index is 0.0166. The van der Waals surface area contributed by atoms with Crippen LogP contribution in [-0.2, 0) is 50.3 Å². The lowest BCUT2D eigenvalue weighted by molar-refractivity contribution is -0.190. The highest BCUT2D eigenvalue weighted by Crippen LogP contribution is 2.70. The van der Waals surface area contributed by atoms with Gasteiger partial charge in [-0.3, -0.25) is 18.9 Å². The molecule has 5 heterocycles. The van der Waals surface area contributed by atoms with E-state index in [-0.39, 0.29) is 29.6 Å². The highest BCUT2D eigenvalue weighted by atomic mass is 32.2. The van der Waals surface area contributed by atoms with Crippen LogP contribution in [0.15, 0.2) is 42.5 Å². The first-order chi connectivity index (χ1) is 32.6. The lowest BCUT2D eigenvalue weighted by Crippen LogP contribution is -2.78. The van der Waals surface area contributed by atoms with E-state index >= 15 is 0 Å². The van der Waals surface area contributed by atoms with Gasteiger partial charge in [0.05, 0.1) is 57.5 Å². The number of hydrogen-bond donors (Lipinski definition) is 9. The number of nitrogens with one attached hydrogen (secondary N) is 3. The second-order valence-corrected chi connectivity index (χ2v) is 25.0. The summed E-state index contributed by atoms with van der Waals surface area (Å²) in [5.41, 5.74) is 4.81. The molecule has 0 unspecified atom stereocenters. The number of aromatic hydroxyl groups is 2. The SMILES string of the molecule is CS(=O)(=O)O.CS(=O)(=O)O.Oc1ccc2c3c1O[C@H]1c4[nH]c5c(NC(=S)N[C@@H]6CC[C@@]7(O)[C@H]8Cc9ccc(O)c%10c9[C@@]7(CCN8CC7CC7)[C@H]6O%10)cccc5c4C[C@@]4(O)[C@H](C2)N(CC2CC2)CC[C@]314. The monoisotopic (exact) mass is 1010 g/mol. The molecule has 17 nitrogen and oxygen atoms in total. The minimum Gasteiger partial charge on any atom is -0.504 e. The van der Waals surface area contributed by atoms with Gasteiger partial charge >= 0.3 is 0 Å². The average molecular weight is 1010 g/mol. The molecular formula is C49H59N5O12S3. The highest BCUT2D eigenvalue weighted by Gasteiger charge is 2.74. The van der Waals surface area contributed by atoms with Gasteiger partial charge in [0.1, 0.15) is 6.10 Å². The lowest BCUT2D eigenvalue weighted by Gasteiger charge is -2.64. The van der Waals surface area contributed by atoms with Gasteiger partial charge in [0, 0.05) is 48.1 Å². The van der Waals surface area contributed by atoms with Crippen LogP contribution in [-0.4, -0.2) is 140 Å². The number of benzene rings is 3. The lowest BCUT2D eigenvalue weighted by atomic mass is 9.48. The van der Waals surface area contributed by atoms with Gasteiger partial charge in [-0.05, 0) is 136 Å². The summed E-state index contributed by atoms with van der Waals surface area (Å²) >= 11 is 6.14. The maximum Gasteiger partial charge on any atom is 0.261 e. The number of rotatable bonds is 6. The number of nitrogens with zero attached hydrogens (tertiary/aromatic N) is 2. The van der Waals surface area contributed by atoms with Crippen LogP contribution >= 0.6 is 12.2 Å². The van der Waals surface area contributed by atoms with Crippen molar-refractivity contribution in [2.45, 2.75) is 123 Å². The topological polar surface area (TPSA) is 254 Å². The molecule has 1 aromatic heterocycles. The zero-order chi connectivity index (χ0) is 48.4. The zero-order valence-electron chi connectivity index (χ0n) is 38.4. The average Bonchev–Trinajstić information content (AvgIpc) is 4.16. The number of likely N-dealkylation sites (tertiary alicyclic amines) is 2. The third-order valence-electron chi connectivity index (χ3n) is 17.5. The molecule has 4 aromatic rings. The normalized spacial score (nSPS) is 34.1. The van der Waals surface area contributed by atoms with Crippen LogP contribution in [0.25, 0.3) is 10.9 Å². The van der Waals surface area contributed by atoms with Gasteiger partial charge in [-0.2, -0.15) is 16.8 Å². The van der Waals surface area contributed by atoms with Crippen molar-refractivity contribution < 1.29 is 55.8 Å². The number of H-pyrrole nitrogens is 1. The number of ether oxygens (including phenoxy) is 2. The molecule has 6 aliphatic carbocycles. The molecule has 5 fully saturated rings. The summed E-state index contributed by atoms with van der Waals surface area (Å²) in [6.45, 7) is 3.87. The van der Waals surface area contributed by atoms with Crippen LogP contribution in [0.2, 0.25) is 0 Å². The molecule has 4 aliphatic heterocycles. The van der Waals surface area contributed by atoms with E-state index in [4.69, 9.17) is 30.8 Å². The van der Waals surface area contributed by atoms with E-state index in [2.05, 4.69) is 43.6 Å². The number of phenolic OH excluding ortho intramolecular Hbond substituents is 2. The fourth-order valence-corrected chi connectivity index (χ4v) is 15.0. The van der Waals surface area contributed by atoms with Crippen molar-refractivity contribution in [3.63, 3.8) is 0 Å². The predicted octanol–water partition coefficient (Wildman–Crippen LogP) is 4.21. The highest BCUT2D eigenvalue weighted by molar-refractivity contribution is 7.85. The molecule has 4 bridgehead atoms. The summed E-state index contributed by atoms with van der Waals surface area (Å²) in [4.78, 5) is 8.94. The molecule has 9 atom stereocenters. The van der Waals surface area contributed by atoms with Gasteiger partial charge in [-0.1, -0.05) is 24.3 Å². The van der Waals surface area contributed by atoms with Gasteiger partial charge < -0.3 is 45.5 Å². The van der Waals surface area contributed by atoms with Gasteiger partial charge in [-0.15, -0.1) is 0 Å². The maximum atomic E-state index is 13.3. The van der Waals surface area contributed by atoms with Crippen LogP contribution in [0.4, 0.5) is 5.69 Å². The summed E-state index contributed by atoms with van der Waals surface area (Å²) in [6, 6.07) is 13.6. The Kier molecular flexibility index (Phi) is 10.2. The van der Waals surface area contributed by atoms with E-state index in [1.165, 1.54) is 36.8 Å². The summed E-state index contributed by atoms with van der Waals surface area (Å²) < 4.78 is 65.4. The number of hydrogen-bond acceptors (Lipinski definition) is 13. The van der Waals surface area contributed by atoms with Crippen LogP contribution in [0.3, 0.4) is 0 Å². The maximum absolute atomic E-state index is 13.3. The fraction of sp³-hybridized carbons (Fsp3) is 0.571. The number of fused-ring (bicyclic) bond motifs is 4. The van der Waals surface area contributed by atoms with E-state index in [0.717, 1.165) is 96.8 Å². The number of aromatic amines is 1. The molecule has 69 heavy (non-hydrogen) atoms. The van der Waals surface area contributed by atoms with E-state index in [1.807, 2.05) is 12.1 Å². The first kappa shape index (κ1) is 45.9. The summed E-state index contributed by atoms with van der Waals surface area (Å²) in [5, 5.41) is 57.4. The van der Waals surface area contributed by atoms with Gasteiger partial charge in [0.25, 0.3) is 20.2 Å². The van der Waals surface area contributed by atoms with E-state index in [9.17, 15) is 37.3 Å². The van der Waals surface area contributed by atoms with Crippen molar-refractivity contribution in [2.75, 3.05) is 44.0 Å². The van der Waals surface area contributed by atoms with Crippen molar-refractivity contribution in [2.24, 2.45) is 11.8 Å². The molecule has 2 saturated heterocycles. The quantitative estimate of drug-likeness (QED) is 0.0969. The Hall–Kier alpha value is -4.25. The predicted molar refractivity (Wildman–Crippen MR) is 259 cm³/mol. The third-order valence-corrected chi connectivity index (χ3v) is 17.7. The summed E-state index contributed by atoms with van der Waals surface area (Å²) in [6.07, 6.45) is 10.5. The summed E-state index contributed by atoms with van der Waals surface area (Å²) in [7, 11) is -7.33. The van der Waals surface area contributed by atoms with Crippen molar-refractivity contribution in [1.29, 1.82) is 0 Å². The molecule has 3 saturated carbocycles. The van der Waals surface area contributed by atoms with E-state index < -0.39 is 54.5 Å².